The highest BCUT2D eigenvalue weighted by Crippen LogP contribution is 2.30. The normalized spacial score (nSPS) is 13.4. The number of rotatable bonds is 5. The molecule has 0 aliphatic carbocycles. The number of nitrogens with one attached hydrogen (secondary N) is 1. The van der Waals surface area contributed by atoms with Gasteiger partial charge in [0.1, 0.15) is 11.5 Å². The van der Waals surface area contributed by atoms with E-state index < -0.39 is 17.8 Å². The van der Waals surface area contributed by atoms with Crippen molar-refractivity contribution in [2.75, 3.05) is 5.32 Å². The zero-order valence-electron chi connectivity index (χ0n) is 11.0. The maximum Gasteiger partial charge on any atom is 0.433 e. The first-order valence-electron chi connectivity index (χ1n) is 5.99. The third-order valence-electron chi connectivity index (χ3n) is 2.62. The number of carboxylic acid groups (broad SMARTS) is 1. The fourth-order valence-corrected chi connectivity index (χ4v) is 1.37. The van der Waals surface area contributed by atoms with Crippen LogP contribution in [0.4, 0.5) is 19.0 Å². The molecule has 1 atom stereocenters. The Labute approximate surface area is 114 Å². The molecule has 0 spiro atoms. The van der Waals surface area contributed by atoms with Gasteiger partial charge in [-0.1, -0.05) is 6.92 Å². The quantitative estimate of drug-likeness (QED) is 0.815. The van der Waals surface area contributed by atoms with E-state index in [2.05, 4.69) is 10.3 Å². The van der Waals surface area contributed by atoms with Gasteiger partial charge in [0.2, 0.25) is 0 Å². The third-order valence-corrected chi connectivity index (χ3v) is 2.62. The van der Waals surface area contributed by atoms with Crippen LogP contribution in [0.3, 0.4) is 0 Å². The highest BCUT2D eigenvalue weighted by Gasteiger charge is 2.33. The molecule has 1 aromatic heterocycles. The lowest BCUT2D eigenvalue weighted by atomic mass is 10.2. The summed E-state index contributed by atoms with van der Waals surface area (Å²) in [6.45, 7) is 3.67. The van der Waals surface area contributed by atoms with Gasteiger partial charge < -0.3 is 10.4 Å². The Morgan fingerprint density at radius 2 is 2.15 bits per heavy atom. The zero-order chi connectivity index (χ0) is 15.3. The van der Waals surface area contributed by atoms with E-state index in [4.69, 9.17) is 5.11 Å². The molecule has 1 heterocycles. The van der Waals surface area contributed by atoms with Crippen LogP contribution < -0.4 is 5.32 Å². The van der Waals surface area contributed by atoms with Gasteiger partial charge in [-0.05, 0) is 31.6 Å². The van der Waals surface area contributed by atoms with Crippen molar-refractivity contribution >= 4 is 17.9 Å². The molecule has 2 N–H and O–H groups in total. The molecular formula is C13H15F3N2O2. The summed E-state index contributed by atoms with van der Waals surface area (Å²) in [5.74, 6) is -1.16. The van der Waals surface area contributed by atoms with E-state index in [0.717, 1.165) is 12.1 Å². The lowest BCUT2D eigenvalue weighted by molar-refractivity contribution is -0.141. The molecule has 0 saturated heterocycles. The number of pyridine rings is 1. The molecule has 1 unspecified atom stereocenters. The number of anilines is 1. The number of carboxylic acids is 1. The number of nitrogens with zero attached hydrogens (tertiary/aromatic N) is 1. The van der Waals surface area contributed by atoms with Crippen LogP contribution >= 0.6 is 0 Å². The second-order valence-electron chi connectivity index (χ2n) is 4.26. The summed E-state index contributed by atoms with van der Waals surface area (Å²) in [7, 11) is 0. The van der Waals surface area contributed by atoms with Crippen LogP contribution in [-0.2, 0) is 11.0 Å². The number of halogens is 3. The van der Waals surface area contributed by atoms with E-state index in [9.17, 15) is 18.0 Å². The predicted octanol–water partition coefficient (Wildman–Crippen LogP) is 3.41. The molecule has 0 aromatic carbocycles. The Bertz CT molecular complexity index is 513. The van der Waals surface area contributed by atoms with Crippen molar-refractivity contribution in [3.8, 4) is 0 Å². The molecule has 4 nitrogen and oxygen atoms in total. The Balaban J connectivity index is 3.19. The first kappa shape index (κ1) is 16.0. The average Bonchev–Trinajstić information content (AvgIpc) is 2.35. The van der Waals surface area contributed by atoms with E-state index in [1.807, 2.05) is 6.92 Å². The fraction of sp³-hybridized carbons (Fsp3) is 0.385. The van der Waals surface area contributed by atoms with Crippen LogP contribution in [0.1, 0.15) is 31.5 Å². The van der Waals surface area contributed by atoms with Gasteiger partial charge in [0.25, 0.3) is 0 Å². The van der Waals surface area contributed by atoms with Crippen LogP contribution in [0.15, 0.2) is 18.2 Å². The topological polar surface area (TPSA) is 62.2 Å². The second-order valence-corrected chi connectivity index (χ2v) is 4.26. The van der Waals surface area contributed by atoms with E-state index in [1.165, 1.54) is 12.1 Å². The predicted molar refractivity (Wildman–Crippen MR) is 69.3 cm³/mol. The molecule has 7 heteroatoms. The highest BCUT2D eigenvalue weighted by atomic mass is 19.4. The van der Waals surface area contributed by atoms with Gasteiger partial charge in [0.15, 0.2) is 0 Å². The van der Waals surface area contributed by atoms with E-state index >= 15 is 0 Å². The lowest BCUT2D eigenvalue weighted by Crippen LogP contribution is -2.17. The van der Waals surface area contributed by atoms with Crippen LogP contribution in [0, 0.1) is 0 Å². The summed E-state index contributed by atoms with van der Waals surface area (Å²) in [5.41, 5.74) is -0.725. The molecule has 0 amide bonds. The van der Waals surface area contributed by atoms with Crippen molar-refractivity contribution in [3.63, 3.8) is 0 Å². The Kier molecular flexibility index (Phi) is 5.12. The fourth-order valence-electron chi connectivity index (χ4n) is 1.37. The third kappa shape index (κ3) is 4.56. The van der Waals surface area contributed by atoms with E-state index in [-0.39, 0.29) is 11.9 Å². The molecule has 1 aromatic rings. The summed E-state index contributed by atoms with van der Waals surface area (Å²) in [4.78, 5) is 14.0. The SMILES string of the molecule is CCC(C)Nc1nc(C(F)(F)F)ccc1/C=C/C(=O)O. The summed E-state index contributed by atoms with van der Waals surface area (Å²) in [6, 6.07) is 1.94. The van der Waals surface area contributed by atoms with E-state index in [1.54, 1.807) is 6.92 Å². The van der Waals surface area contributed by atoms with Crippen molar-refractivity contribution in [1.82, 2.24) is 4.98 Å². The zero-order valence-corrected chi connectivity index (χ0v) is 11.0. The van der Waals surface area contributed by atoms with Gasteiger partial charge in [-0.15, -0.1) is 0 Å². The molecule has 0 saturated carbocycles. The minimum Gasteiger partial charge on any atom is -0.478 e. The standard InChI is InChI=1S/C13H15F3N2O2/c1-3-8(2)17-12-9(5-7-11(19)20)4-6-10(18-12)13(14,15)16/h4-8H,3H2,1-2H3,(H,17,18)(H,19,20)/b7-5+. The van der Waals surface area contributed by atoms with Gasteiger partial charge >= 0.3 is 12.1 Å². The van der Waals surface area contributed by atoms with Gasteiger partial charge in [0, 0.05) is 17.7 Å². The smallest absolute Gasteiger partial charge is 0.433 e. The highest BCUT2D eigenvalue weighted by molar-refractivity contribution is 5.86. The molecule has 0 bridgehead atoms. The minimum absolute atomic E-state index is 0.0201. The largest absolute Gasteiger partial charge is 0.478 e. The molecule has 0 aliphatic heterocycles. The number of aliphatic carboxylic acids is 1. The summed E-state index contributed by atoms with van der Waals surface area (Å²) in [5, 5.41) is 11.4. The Hall–Kier alpha value is -2.05. The lowest BCUT2D eigenvalue weighted by Gasteiger charge is -2.16. The van der Waals surface area contributed by atoms with Crippen molar-refractivity contribution in [2.24, 2.45) is 0 Å². The van der Waals surface area contributed by atoms with Crippen molar-refractivity contribution in [3.05, 3.63) is 29.5 Å². The van der Waals surface area contributed by atoms with Crippen molar-refractivity contribution in [2.45, 2.75) is 32.5 Å². The molecule has 0 aliphatic rings. The summed E-state index contributed by atoms with van der Waals surface area (Å²) >= 11 is 0. The number of aromatic nitrogens is 1. The molecule has 1 rings (SSSR count). The first-order chi connectivity index (χ1) is 9.24. The molecular weight excluding hydrogens is 273 g/mol. The number of hydrogen-bond donors (Lipinski definition) is 2. The summed E-state index contributed by atoms with van der Waals surface area (Å²) in [6.07, 6.45) is -1.78. The minimum atomic E-state index is -4.54. The molecule has 110 valence electrons. The Morgan fingerprint density at radius 1 is 1.50 bits per heavy atom. The maximum atomic E-state index is 12.6. The Morgan fingerprint density at radius 3 is 2.65 bits per heavy atom. The number of alkyl halides is 3. The van der Waals surface area contributed by atoms with Gasteiger partial charge in [-0.25, -0.2) is 9.78 Å². The van der Waals surface area contributed by atoms with Crippen LogP contribution in [0.25, 0.3) is 6.08 Å². The number of hydrogen-bond acceptors (Lipinski definition) is 3. The van der Waals surface area contributed by atoms with Crippen LogP contribution in [0.2, 0.25) is 0 Å². The van der Waals surface area contributed by atoms with Crippen molar-refractivity contribution < 1.29 is 23.1 Å². The molecule has 0 radical (unpaired) electrons. The first-order valence-corrected chi connectivity index (χ1v) is 5.99. The second kappa shape index (κ2) is 6.40. The van der Waals surface area contributed by atoms with Crippen molar-refractivity contribution in [1.29, 1.82) is 0 Å². The van der Waals surface area contributed by atoms with Gasteiger partial charge in [-0.3, -0.25) is 0 Å². The average molecular weight is 288 g/mol. The molecule has 20 heavy (non-hydrogen) atoms. The molecule has 0 fully saturated rings. The van der Waals surface area contributed by atoms with E-state index in [0.29, 0.717) is 12.0 Å². The summed E-state index contributed by atoms with van der Waals surface area (Å²) < 4.78 is 37.9. The number of carbonyl (C=O) groups is 1. The van der Waals surface area contributed by atoms with Gasteiger partial charge in [-0.2, -0.15) is 13.2 Å². The maximum absolute atomic E-state index is 12.6. The monoisotopic (exact) mass is 288 g/mol. The van der Waals surface area contributed by atoms with Crippen LogP contribution in [-0.4, -0.2) is 22.1 Å². The van der Waals surface area contributed by atoms with Gasteiger partial charge in [0.05, 0.1) is 0 Å². The van der Waals surface area contributed by atoms with Crippen LogP contribution in [0.5, 0.6) is 0 Å².